The number of hydrogen-bond donors (Lipinski definition) is 0. The van der Waals surface area contributed by atoms with Gasteiger partial charge in [0.05, 0.1) is 10.9 Å². The van der Waals surface area contributed by atoms with Gasteiger partial charge < -0.3 is 8.83 Å². The largest absolute Gasteiger partial charge is 0.456 e. The minimum absolute atomic E-state index is 0.000486. The zero-order chi connectivity index (χ0) is 63.9. The first-order valence-corrected chi connectivity index (χ1v) is 31.1. The highest BCUT2D eigenvalue weighted by molar-refractivity contribution is 6.07. The van der Waals surface area contributed by atoms with Gasteiger partial charge in [0.1, 0.15) is 16.9 Å². The lowest BCUT2D eigenvalue weighted by molar-refractivity contribution is 0.563. The molecule has 0 saturated heterocycles. The average Bonchev–Trinajstić information content (AvgIpc) is 2.22. The van der Waals surface area contributed by atoms with Crippen molar-refractivity contribution in [2.45, 2.75) is 138 Å². The average molecular weight is 1150 g/mol. The molecule has 0 unspecified atom stereocenters. The number of aryl methyl sites for hydroxylation is 8. The summed E-state index contributed by atoms with van der Waals surface area (Å²) in [5, 5.41) is 6.94. The van der Waals surface area contributed by atoms with Gasteiger partial charge in [0.25, 0.3) is 0 Å². The summed E-state index contributed by atoms with van der Waals surface area (Å²) in [6, 6.07) is 74.7. The molecule has 12 rings (SSSR count). The third-order valence-electron chi connectivity index (χ3n) is 13.3. The van der Waals surface area contributed by atoms with E-state index in [1.165, 1.54) is 77.2 Å². The van der Waals surface area contributed by atoms with Crippen molar-refractivity contribution in [1.82, 2.24) is 0 Å². The molecule has 0 aliphatic carbocycles. The molecule has 0 N–H and O–H groups in total. The summed E-state index contributed by atoms with van der Waals surface area (Å²) in [6.07, 6.45) is 0. The van der Waals surface area contributed by atoms with Crippen molar-refractivity contribution in [2.75, 3.05) is 0 Å². The fourth-order valence-electron chi connectivity index (χ4n) is 8.94. The lowest BCUT2D eigenvalue weighted by Gasteiger charge is -2.06. The zero-order valence-electron chi connectivity index (χ0n) is 55.4. The molecule has 0 saturated carbocycles. The molecule has 2 aromatic heterocycles. The van der Waals surface area contributed by atoms with E-state index < -0.39 is 0 Å². The molecule has 0 aliphatic rings. The van der Waals surface area contributed by atoms with Crippen LogP contribution in [0.25, 0.3) is 88.2 Å². The molecule has 0 amide bonds. The lowest BCUT2D eigenvalue weighted by Crippen LogP contribution is -2.02. The Morgan fingerprint density at radius 2 is 0.547 bits per heavy atom. The number of fused-ring (bicyclic) bond motifs is 5. The minimum Gasteiger partial charge on any atom is -0.456 e. The van der Waals surface area contributed by atoms with Gasteiger partial charge in [-0.2, -0.15) is 0 Å². The maximum Gasteiger partial charge on any atom is 0.344 e. The highest BCUT2D eigenvalue weighted by atomic mass is 16.4. The van der Waals surface area contributed by atoms with Crippen LogP contribution < -0.4 is 11.1 Å². The Morgan fingerprint density at radius 1 is 0.233 bits per heavy atom. The highest BCUT2D eigenvalue weighted by Gasteiger charge is 2.10. The van der Waals surface area contributed by atoms with Crippen LogP contribution in [0.1, 0.15) is 128 Å². The Labute approximate surface area is 516 Å². The van der Waals surface area contributed by atoms with E-state index in [0.29, 0.717) is 27.9 Å². The summed E-state index contributed by atoms with van der Waals surface area (Å²) < 4.78 is 11.2. The maximum atomic E-state index is 12.1. The number of benzene rings is 10. The van der Waals surface area contributed by atoms with Crippen molar-refractivity contribution in [3.63, 3.8) is 0 Å². The summed E-state index contributed by atoms with van der Waals surface area (Å²) in [6.45, 7) is 40.5. The molecule has 2 heterocycles. The van der Waals surface area contributed by atoms with Crippen molar-refractivity contribution in [3.05, 3.63) is 284 Å². The molecule has 4 heteroatoms. The van der Waals surface area contributed by atoms with Gasteiger partial charge in [0.15, 0.2) is 5.43 Å². The molecule has 448 valence electrons. The quantitative estimate of drug-likeness (QED) is 0.130. The summed E-state index contributed by atoms with van der Waals surface area (Å²) in [4.78, 5) is 24.2. The fourth-order valence-corrected chi connectivity index (χ4v) is 8.94. The molecule has 0 bridgehead atoms. The molecule has 12 aromatic rings. The van der Waals surface area contributed by atoms with Gasteiger partial charge in [0, 0.05) is 17.0 Å². The normalized spacial score (nSPS) is 9.72. The Hall–Kier alpha value is -8.86. The maximum absolute atomic E-state index is 12.1. The number of rotatable bonds is 4. The van der Waals surface area contributed by atoms with E-state index in [0.717, 1.165) is 27.6 Å². The molecule has 0 fully saturated rings. The molecule has 86 heavy (non-hydrogen) atoms. The predicted molar refractivity (Wildman–Crippen MR) is 381 cm³/mol. The summed E-state index contributed by atoms with van der Waals surface area (Å²) in [5.41, 5.74) is 18.2. The van der Waals surface area contributed by atoms with Crippen LogP contribution in [0.15, 0.2) is 237 Å². The van der Waals surface area contributed by atoms with Crippen LogP contribution >= 0.6 is 0 Å². The molecule has 10 aromatic carbocycles. The van der Waals surface area contributed by atoms with E-state index in [9.17, 15) is 9.59 Å². The van der Waals surface area contributed by atoms with Crippen LogP contribution in [0, 0.1) is 55.4 Å². The Balaban J connectivity index is 0.000000284. The van der Waals surface area contributed by atoms with Crippen LogP contribution in [0.3, 0.4) is 0 Å². The fraction of sp³-hybridized carbons (Fsp3) is 0.244. The third-order valence-corrected chi connectivity index (χ3v) is 13.3. The van der Waals surface area contributed by atoms with Crippen LogP contribution in [-0.4, -0.2) is 0 Å². The smallest absolute Gasteiger partial charge is 0.344 e. The van der Waals surface area contributed by atoms with Crippen molar-refractivity contribution >= 4 is 43.5 Å². The van der Waals surface area contributed by atoms with E-state index in [2.05, 4.69) is 149 Å². The molecule has 0 spiro atoms. The van der Waals surface area contributed by atoms with Crippen molar-refractivity contribution in [3.8, 4) is 44.7 Å². The van der Waals surface area contributed by atoms with Crippen molar-refractivity contribution in [1.29, 1.82) is 0 Å². The van der Waals surface area contributed by atoms with E-state index in [1.54, 1.807) is 6.07 Å². The highest BCUT2D eigenvalue weighted by Crippen LogP contribution is 2.29. The van der Waals surface area contributed by atoms with Crippen molar-refractivity contribution in [2.24, 2.45) is 0 Å². The molecular weight excluding hydrogens is 1050 g/mol. The Morgan fingerprint density at radius 3 is 0.965 bits per heavy atom. The Bertz CT molecular complexity index is 3900. The second-order valence-electron chi connectivity index (χ2n) is 19.5. The van der Waals surface area contributed by atoms with E-state index in [1.807, 2.05) is 202 Å². The van der Waals surface area contributed by atoms with Crippen LogP contribution in [-0.2, 0) is 0 Å². The summed E-state index contributed by atoms with van der Waals surface area (Å²) in [5.74, 6) is 0.612. The molecule has 0 aliphatic heterocycles. The van der Waals surface area contributed by atoms with Crippen LogP contribution in [0.2, 0.25) is 0 Å². The molecular formula is C82H96O4. The zero-order valence-corrected chi connectivity index (χ0v) is 55.4. The standard InChI is InChI=1S/C20H18.2C17H14O2.C16H14.6C2H6/c1-15-3-7-17(8-4-15)19-11-13-20(14-12-19)18-9-5-16(2)6-10-18;1-11-3-6-13(7-4-11)17-10-15(18)14-9-12(2)5-8-16(14)19-17;1-11-3-6-13(7-4-11)15-10-14-8-5-12(2)9-16(14)19-17(15)18;1-11-3-7-15-13(9-11)5-6-14-10-12(2)4-8-16(14)15;6*1-2/h3-14H,1-2H3;2*3-10H,1-2H3;3-10H,1-2H3;6*1-2H3. The van der Waals surface area contributed by atoms with Gasteiger partial charge in [-0.05, 0) is 135 Å². The van der Waals surface area contributed by atoms with Crippen LogP contribution in [0.4, 0.5) is 0 Å². The molecule has 0 atom stereocenters. The van der Waals surface area contributed by atoms with Crippen LogP contribution in [0.5, 0.6) is 0 Å². The van der Waals surface area contributed by atoms with Gasteiger partial charge >= 0.3 is 5.63 Å². The van der Waals surface area contributed by atoms with Gasteiger partial charge in [-0.25, -0.2) is 4.79 Å². The SMILES string of the molecule is CC.CC.CC.CC.CC.CC.Cc1ccc(-c2cc(=O)c3cc(C)ccc3o2)cc1.Cc1ccc(-c2cc3ccc(C)cc3oc2=O)cc1.Cc1ccc(-c2ccc(-c3ccc(C)cc3)cc2)cc1.Cc1ccc2c(ccc3cc(C)ccc32)c1. The monoisotopic (exact) mass is 1140 g/mol. The summed E-state index contributed by atoms with van der Waals surface area (Å²) in [7, 11) is 0. The van der Waals surface area contributed by atoms with Gasteiger partial charge in [0.2, 0.25) is 0 Å². The van der Waals surface area contributed by atoms with Gasteiger partial charge in [-0.3, -0.25) is 4.79 Å². The third kappa shape index (κ3) is 20.4. The first-order chi connectivity index (χ1) is 41.7. The van der Waals surface area contributed by atoms with E-state index >= 15 is 0 Å². The molecule has 4 nitrogen and oxygen atoms in total. The molecule has 0 radical (unpaired) electrons. The van der Waals surface area contributed by atoms with E-state index in [-0.39, 0.29) is 11.1 Å². The second-order valence-corrected chi connectivity index (χ2v) is 19.5. The van der Waals surface area contributed by atoms with E-state index in [4.69, 9.17) is 8.83 Å². The van der Waals surface area contributed by atoms with Gasteiger partial charge in [-0.15, -0.1) is 0 Å². The lowest BCUT2D eigenvalue weighted by atomic mass is 9.99. The number of hydrogen-bond acceptors (Lipinski definition) is 4. The van der Waals surface area contributed by atoms with Gasteiger partial charge in [-0.1, -0.05) is 310 Å². The Kier molecular flexibility index (Phi) is 31.1. The minimum atomic E-state index is -0.290. The summed E-state index contributed by atoms with van der Waals surface area (Å²) >= 11 is 0. The topological polar surface area (TPSA) is 60.4 Å². The second kappa shape index (κ2) is 37.5. The van der Waals surface area contributed by atoms with Crippen molar-refractivity contribution < 1.29 is 8.83 Å². The first kappa shape index (κ1) is 71.4. The predicted octanol–water partition coefficient (Wildman–Crippen LogP) is 24.6. The first-order valence-electron chi connectivity index (χ1n) is 31.1.